The maximum Gasteiger partial charge on any atom is 0.248 e. The number of thiazole rings is 2. The van der Waals surface area contributed by atoms with Gasteiger partial charge in [-0.2, -0.15) is 0 Å². The molecule has 6 aromatic rings. The Balaban J connectivity index is 0.000000153. The summed E-state index contributed by atoms with van der Waals surface area (Å²) in [5, 5.41) is 13.3. The molecule has 0 saturated carbocycles. The number of amides is 2. The van der Waals surface area contributed by atoms with Crippen molar-refractivity contribution < 1.29 is 9.59 Å². The molecule has 2 aromatic carbocycles. The molecule has 0 radical (unpaired) electrons. The number of carbonyl (C=O) groups excluding carboxylic acids is 2. The van der Waals surface area contributed by atoms with Crippen molar-refractivity contribution in [2.24, 2.45) is 0 Å². The zero-order chi connectivity index (χ0) is 41.8. The second-order valence-electron chi connectivity index (χ2n) is 16.3. The first-order valence-electron chi connectivity index (χ1n) is 21.3. The molecule has 2 fully saturated rings. The molecule has 10 rings (SSSR count). The molecule has 0 unspecified atom stereocenters. The van der Waals surface area contributed by atoms with E-state index in [1.165, 1.54) is 62.3 Å². The van der Waals surface area contributed by atoms with Crippen molar-refractivity contribution in [2.75, 3.05) is 56.4 Å². The third-order valence-electron chi connectivity index (χ3n) is 11.6. The highest BCUT2D eigenvalue weighted by molar-refractivity contribution is 7.23. The van der Waals surface area contributed by atoms with E-state index in [0.29, 0.717) is 18.5 Å². The third kappa shape index (κ3) is 9.76. The summed E-state index contributed by atoms with van der Waals surface area (Å²) in [6, 6.07) is 17.5. The minimum Gasteiger partial charge on any atom is -0.317 e. The highest BCUT2D eigenvalue weighted by Crippen LogP contribution is 2.47. The molecule has 2 saturated heterocycles. The molecule has 2 amide bonds. The van der Waals surface area contributed by atoms with Crippen molar-refractivity contribution in [1.29, 1.82) is 0 Å². The molecule has 60 heavy (non-hydrogen) atoms. The van der Waals surface area contributed by atoms with Crippen LogP contribution in [0.1, 0.15) is 67.8 Å². The molecule has 0 aliphatic carbocycles. The van der Waals surface area contributed by atoms with Gasteiger partial charge in [0.15, 0.2) is 0 Å². The van der Waals surface area contributed by atoms with Crippen LogP contribution >= 0.6 is 45.3 Å². The van der Waals surface area contributed by atoms with Crippen molar-refractivity contribution in [3.05, 3.63) is 82.1 Å². The van der Waals surface area contributed by atoms with E-state index in [4.69, 9.17) is 9.97 Å². The predicted octanol–water partition coefficient (Wildman–Crippen LogP) is 9.72. The van der Waals surface area contributed by atoms with Gasteiger partial charge in [-0.1, -0.05) is 30.8 Å². The highest BCUT2D eigenvalue weighted by Gasteiger charge is 2.30. The van der Waals surface area contributed by atoms with Gasteiger partial charge in [0, 0.05) is 72.1 Å². The van der Waals surface area contributed by atoms with Crippen LogP contribution in [-0.4, -0.2) is 94.4 Å². The molecule has 3 N–H and O–H groups in total. The average molecular weight is 881 g/mol. The van der Waals surface area contributed by atoms with Crippen LogP contribution in [-0.2, 0) is 35.5 Å². The van der Waals surface area contributed by atoms with Crippen molar-refractivity contribution in [3.8, 4) is 21.1 Å². The molecule has 10 nitrogen and oxygen atoms in total. The van der Waals surface area contributed by atoms with E-state index in [-0.39, 0.29) is 11.8 Å². The van der Waals surface area contributed by atoms with E-state index < -0.39 is 0 Å². The Morgan fingerprint density at radius 1 is 0.733 bits per heavy atom. The summed E-state index contributed by atoms with van der Waals surface area (Å²) in [4.78, 5) is 44.5. The second-order valence-corrected chi connectivity index (χ2v) is 20.6. The summed E-state index contributed by atoms with van der Waals surface area (Å²) in [6.07, 6.45) is 6.52. The van der Waals surface area contributed by atoms with E-state index in [1.807, 2.05) is 24.3 Å². The molecule has 8 heterocycles. The van der Waals surface area contributed by atoms with E-state index >= 15 is 0 Å². The van der Waals surface area contributed by atoms with Gasteiger partial charge in [0.25, 0.3) is 0 Å². The summed E-state index contributed by atoms with van der Waals surface area (Å²) in [5.41, 5.74) is 7.03. The number of thiophene rings is 2. The highest BCUT2D eigenvalue weighted by atomic mass is 32.1. The van der Waals surface area contributed by atoms with Crippen LogP contribution in [0.3, 0.4) is 0 Å². The topological polar surface area (TPSA) is 106 Å². The lowest BCUT2D eigenvalue weighted by molar-refractivity contribution is -0.116. The Kier molecular flexibility index (Phi) is 13.9. The average Bonchev–Trinajstić information content (AvgIpc) is 3.97. The zero-order valence-corrected chi connectivity index (χ0v) is 38.4. The summed E-state index contributed by atoms with van der Waals surface area (Å²) < 4.78 is 2.37. The Labute approximate surface area is 369 Å². The Hall–Kier alpha value is -3.86. The molecule has 4 aliphatic heterocycles. The number of benzene rings is 2. The van der Waals surface area contributed by atoms with Gasteiger partial charge in [0.1, 0.15) is 20.0 Å². The monoisotopic (exact) mass is 880 g/mol. The number of anilines is 2. The number of likely N-dealkylation sites (tertiary alicyclic amines) is 1. The first kappa shape index (κ1) is 42.8. The van der Waals surface area contributed by atoms with Gasteiger partial charge in [-0.25, -0.2) is 9.97 Å². The number of carbonyl (C=O) groups is 2. The third-order valence-corrected chi connectivity index (χ3v) is 16.0. The van der Waals surface area contributed by atoms with E-state index in [1.54, 1.807) is 45.3 Å². The summed E-state index contributed by atoms with van der Waals surface area (Å²) in [7, 11) is 0. The normalized spacial score (nSPS) is 16.6. The Bertz CT molecular complexity index is 2380. The van der Waals surface area contributed by atoms with Gasteiger partial charge in [-0.05, 0) is 121 Å². The van der Waals surface area contributed by atoms with Gasteiger partial charge in [-0.3, -0.25) is 19.4 Å². The molecule has 4 aliphatic rings. The number of aromatic nitrogens is 2. The lowest BCUT2D eigenvalue weighted by Gasteiger charge is -2.30. The molecule has 0 spiro atoms. The molecular weight excluding hydrogens is 825 g/mol. The number of hydrogen-bond acceptors (Lipinski definition) is 12. The minimum absolute atomic E-state index is 0.114. The van der Waals surface area contributed by atoms with Gasteiger partial charge in [0.2, 0.25) is 11.8 Å². The van der Waals surface area contributed by atoms with Crippen LogP contribution in [0.2, 0.25) is 0 Å². The van der Waals surface area contributed by atoms with Gasteiger partial charge >= 0.3 is 0 Å². The van der Waals surface area contributed by atoms with E-state index in [9.17, 15) is 9.59 Å². The van der Waals surface area contributed by atoms with Crippen LogP contribution in [0.15, 0.2) is 61.2 Å². The number of fused-ring (bicyclic) bond motifs is 4. The molecule has 14 heteroatoms. The second kappa shape index (κ2) is 19.5. The smallest absolute Gasteiger partial charge is 0.248 e. The minimum atomic E-state index is -0.174. The van der Waals surface area contributed by atoms with Crippen LogP contribution in [0.4, 0.5) is 10.0 Å². The van der Waals surface area contributed by atoms with Crippen molar-refractivity contribution in [1.82, 2.24) is 30.0 Å². The summed E-state index contributed by atoms with van der Waals surface area (Å²) in [5.74, 6) is -0.0600. The summed E-state index contributed by atoms with van der Waals surface area (Å²) in [6.45, 7) is 22.1. The summed E-state index contributed by atoms with van der Waals surface area (Å²) >= 11 is 6.84. The fourth-order valence-corrected chi connectivity index (χ4v) is 12.5. The number of nitrogens with zero attached hydrogens (tertiary/aromatic N) is 5. The number of para-hydroxylation sites is 2. The van der Waals surface area contributed by atoms with Crippen LogP contribution in [0.25, 0.3) is 41.6 Å². The maximum absolute atomic E-state index is 12.7. The van der Waals surface area contributed by atoms with Crippen LogP contribution < -0.4 is 16.0 Å². The largest absolute Gasteiger partial charge is 0.317 e. The number of hydrogen-bond donors (Lipinski definition) is 3. The molecule has 4 aromatic heterocycles. The maximum atomic E-state index is 12.7. The van der Waals surface area contributed by atoms with Crippen LogP contribution in [0.5, 0.6) is 0 Å². The standard InChI is InChI=1S/C23H28N4OS2.C20H21N3OS2.C3H7N/c1-15(2)27-13-8-16-19(14-27)30-23(25-20(28)9-12-26-10-5-11-26)21(16)22-24-17-6-3-4-7-18(17)29-22;1-4-17(24)22-20-18(19-21-14-7-5-6-8-15(14)25-19)13-9-10-23(12(2)3)11-16(13)26-20;1-2-4-3-1/h3-4,6-7,15H,5,8-14H2,1-2H3,(H,25,28);4-8,12H,1,9-11H2,2-3H3,(H,22,24);4H,1-3H2. The predicted molar refractivity (Wildman–Crippen MR) is 255 cm³/mol. The van der Waals surface area contributed by atoms with E-state index in [2.05, 4.69) is 89.2 Å². The van der Waals surface area contributed by atoms with Crippen molar-refractivity contribution in [3.63, 3.8) is 0 Å². The van der Waals surface area contributed by atoms with Crippen molar-refractivity contribution in [2.45, 2.75) is 85.0 Å². The lowest BCUT2D eigenvalue weighted by atomic mass is 10.0. The van der Waals surface area contributed by atoms with Gasteiger partial charge in [0.05, 0.1) is 20.4 Å². The van der Waals surface area contributed by atoms with Crippen LogP contribution in [0, 0.1) is 0 Å². The van der Waals surface area contributed by atoms with Gasteiger partial charge < -0.3 is 20.9 Å². The molecular formula is C46H56N8O2S4. The Morgan fingerprint density at radius 2 is 1.22 bits per heavy atom. The van der Waals surface area contributed by atoms with E-state index in [0.717, 1.165) is 101 Å². The molecule has 0 atom stereocenters. The number of nitrogens with one attached hydrogen (secondary N) is 3. The first-order chi connectivity index (χ1) is 29.1. The molecule has 0 bridgehead atoms. The Morgan fingerprint density at radius 3 is 1.63 bits per heavy atom. The fourth-order valence-electron chi connectivity index (χ4n) is 7.71. The first-order valence-corrected chi connectivity index (χ1v) is 24.6. The van der Waals surface area contributed by atoms with Crippen molar-refractivity contribution >= 4 is 87.6 Å². The SMILES string of the molecule is C1CNC1.C=CC(=O)Nc1sc2c(c1-c1nc3ccccc3s1)CCN(C(C)C)C2.CC(C)N1CCc2c(sc(NC(=O)CCN3CCC3)c2-c2nc3ccccc3s2)C1. The zero-order valence-electron chi connectivity index (χ0n) is 35.1. The fraction of sp³-hybridized carbons (Fsp3) is 0.435. The van der Waals surface area contributed by atoms with Gasteiger partial charge in [-0.15, -0.1) is 45.3 Å². The molecule has 316 valence electrons. The quantitative estimate of drug-likeness (QED) is 0.117. The lowest BCUT2D eigenvalue weighted by Crippen LogP contribution is -2.38. The number of rotatable bonds is 10.